The molecule has 2 nitrogen and oxygen atoms in total. The van der Waals surface area contributed by atoms with Crippen LogP contribution in [0.3, 0.4) is 0 Å². The molecule has 3 heteroatoms. The van der Waals surface area contributed by atoms with Gasteiger partial charge in [-0.25, -0.2) is 0 Å². The van der Waals surface area contributed by atoms with E-state index < -0.39 is 0 Å². The van der Waals surface area contributed by atoms with Gasteiger partial charge in [0.05, 0.1) is 0 Å². The van der Waals surface area contributed by atoms with E-state index in [-0.39, 0.29) is 0 Å². The zero-order valence-electron chi connectivity index (χ0n) is 7.18. The molecule has 2 N–H and O–H groups in total. The predicted molar refractivity (Wildman–Crippen MR) is 51.4 cm³/mol. The highest BCUT2D eigenvalue weighted by Crippen LogP contribution is 2.19. The average molecular weight is 185 g/mol. The van der Waals surface area contributed by atoms with Gasteiger partial charge in [-0.15, -0.1) is 0 Å². The molecule has 0 aliphatic rings. The number of hydrogen-bond acceptors (Lipinski definition) is 2. The summed E-state index contributed by atoms with van der Waals surface area (Å²) < 4.78 is 0. The van der Waals surface area contributed by atoms with Crippen molar-refractivity contribution in [1.82, 2.24) is 4.98 Å². The lowest BCUT2D eigenvalue weighted by atomic mass is 10.1. The molecule has 0 radical (unpaired) electrons. The second-order valence-electron chi connectivity index (χ2n) is 2.82. The Morgan fingerprint density at radius 1 is 1.50 bits per heavy atom. The molecule has 0 aliphatic heterocycles. The van der Waals surface area contributed by atoms with E-state index in [1.165, 1.54) is 0 Å². The molecule has 66 valence electrons. The van der Waals surface area contributed by atoms with Gasteiger partial charge in [-0.05, 0) is 37.4 Å². The Kier molecular flexibility index (Phi) is 3.50. The monoisotopic (exact) mass is 184 g/mol. The zero-order chi connectivity index (χ0) is 8.97. The second-order valence-corrected chi connectivity index (χ2v) is 3.20. The van der Waals surface area contributed by atoms with Crippen molar-refractivity contribution in [2.75, 3.05) is 6.54 Å². The van der Waals surface area contributed by atoms with E-state index >= 15 is 0 Å². The van der Waals surface area contributed by atoms with E-state index in [0.717, 1.165) is 29.0 Å². The molecule has 0 saturated carbocycles. The van der Waals surface area contributed by atoms with Gasteiger partial charge in [-0.2, -0.15) is 0 Å². The van der Waals surface area contributed by atoms with Crippen LogP contribution < -0.4 is 5.73 Å². The Morgan fingerprint density at radius 3 is 2.92 bits per heavy atom. The lowest BCUT2D eigenvalue weighted by molar-refractivity contribution is 0.828. The van der Waals surface area contributed by atoms with Gasteiger partial charge in [0, 0.05) is 17.4 Å². The summed E-state index contributed by atoms with van der Waals surface area (Å²) in [7, 11) is 0. The SMILES string of the molecule is Cc1cncc(CCCN)c1Cl. The van der Waals surface area contributed by atoms with E-state index in [4.69, 9.17) is 17.3 Å². The summed E-state index contributed by atoms with van der Waals surface area (Å²) in [6, 6.07) is 0. The van der Waals surface area contributed by atoms with Crippen LogP contribution in [0.2, 0.25) is 5.02 Å². The number of aryl methyl sites for hydroxylation is 2. The van der Waals surface area contributed by atoms with Gasteiger partial charge in [0.25, 0.3) is 0 Å². The largest absolute Gasteiger partial charge is 0.330 e. The fourth-order valence-corrected chi connectivity index (χ4v) is 1.26. The van der Waals surface area contributed by atoms with Gasteiger partial charge < -0.3 is 5.73 Å². The van der Waals surface area contributed by atoms with Crippen LogP contribution in [-0.2, 0) is 6.42 Å². The van der Waals surface area contributed by atoms with E-state index in [2.05, 4.69) is 4.98 Å². The van der Waals surface area contributed by atoms with Crippen molar-refractivity contribution in [3.8, 4) is 0 Å². The minimum Gasteiger partial charge on any atom is -0.330 e. The molecular formula is C9H13ClN2. The van der Waals surface area contributed by atoms with Crippen LogP contribution in [0.5, 0.6) is 0 Å². The fraction of sp³-hybridized carbons (Fsp3) is 0.444. The van der Waals surface area contributed by atoms with Gasteiger partial charge in [-0.1, -0.05) is 11.6 Å². The molecule has 0 saturated heterocycles. The van der Waals surface area contributed by atoms with Crippen molar-refractivity contribution < 1.29 is 0 Å². The molecule has 1 aromatic heterocycles. The summed E-state index contributed by atoms with van der Waals surface area (Å²) in [5.74, 6) is 0. The minimum atomic E-state index is 0.699. The van der Waals surface area contributed by atoms with Gasteiger partial charge in [-0.3, -0.25) is 4.98 Å². The van der Waals surface area contributed by atoms with Crippen molar-refractivity contribution in [3.63, 3.8) is 0 Å². The highest BCUT2D eigenvalue weighted by Gasteiger charge is 2.01. The summed E-state index contributed by atoms with van der Waals surface area (Å²) in [5, 5.41) is 0.832. The predicted octanol–water partition coefficient (Wildman–Crippen LogP) is 1.93. The Hall–Kier alpha value is -0.600. The highest BCUT2D eigenvalue weighted by atomic mass is 35.5. The molecule has 0 aromatic carbocycles. The molecule has 1 heterocycles. The van der Waals surface area contributed by atoms with Crippen molar-refractivity contribution in [1.29, 1.82) is 0 Å². The molecule has 0 bridgehead atoms. The Bertz CT molecular complexity index is 261. The topological polar surface area (TPSA) is 38.9 Å². The normalized spacial score (nSPS) is 10.2. The third-order valence-electron chi connectivity index (χ3n) is 1.78. The molecule has 0 spiro atoms. The Morgan fingerprint density at radius 2 is 2.25 bits per heavy atom. The third kappa shape index (κ3) is 2.19. The van der Waals surface area contributed by atoms with Crippen LogP contribution in [0.4, 0.5) is 0 Å². The molecule has 12 heavy (non-hydrogen) atoms. The molecule has 1 aromatic rings. The summed E-state index contributed by atoms with van der Waals surface area (Å²) in [6.45, 7) is 2.66. The molecule has 0 aliphatic carbocycles. The lowest BCUT2D eigenvalue weighted by Crippen LogP contribution is -2.01. The minimum absolute atomic E-state index is 0.699. The van der Waals surface area contributed by atoms with E-state index in [1.807, 2.05) is 13.1 Å². The van der Waals surface area contributed by atoms with Crippen LogP contribution in [-0.4, -0.2) is 11.5 Å². The van der Waals surface area contributed by atoms with Gasteiger partial charge in [0.15, 0.2) is 0 Å². The highest BCUT2D eigenvalue weighted by molar-refractivity contribution is 6.32. The molecule has 0 unspecified atom stereocenters. The smallest absolute Gasteiger partial charge is 0.0497 e. The maximum Gasteiger partial charge on any atom is 0.0497 e. The Labute approximate surface area is 77.8 Å². The van der Waals surface area contributed by atoms with Gasteiger partial charge in [0.1, 0.15) is 0 Å². The lowest BCUT2D eigenvalue weighted by Gasteiger charge is -2.04. The summed E-state index contributed by atoms with van der Waals surface area (Å²) in [6.07, 6.45) is 5.47. The molecule has 0 fully saturated rings. The number of aromatic nitrogens is 1. The maximum absolute atomic E-state index is 6.05. The van der Waals surface area contributed by atoms with E-state index in [0.29, 0.717) is 6.54 Å². The van der Waals surface area contributed by atoms with Crippen LogP contribution >= 0.6 is 11.6 Å². The van der Waals surface area contributed by atoms with Gasteiger partial charge in [0.2, 0.25) is 0 Å². The Balaban J connectivity index is 2.78. The standard InChI is InChI=1S/C9H13ClN2/c1-7-5-12-6-8(9(7)10)3-2-4-11/h5-6H,2-4,11H2,1H3. The number of halogens is 1. The molecular weight excluding hydrogens is 172 g/mol. The first-order chi connectivity index (χ1) is 5.75. The van der Waals surface area contributed by atoms with Crippen molar-refractivity contribution in [2.24, 2.45) is 5.73 Å². The van der Waals surface area contributed by atoms with Crippen LogP contribution in [0.15, 0.2) is 12.4 Å². The number of rotatable bonds is 3. The zero-order valence-corrected chi connectivity index (χ0v) is 7.93. The fourth-order valence-electron chi connectivity index (χ4n) is 1.07. The molecule has 0 atom stereocenters. The molecule has 0 amide bonds. The number of hydrogen-bond donors (Lipinski definition) is 1. The first-order valence-corrected chi connectivity index (χ1v) is 4.42. The van der Waals surface area contributed by atoms with Crippen molar-refractivity contribution in [2.45, 2.75) is 19.8 Å². The maximum atomic E-state index is 6.05. The number of nitrogens with zero attached hydrogens (tertiary/aromatic N) is 1. The average Bonchev–Trinajstić information content (AvgIpc) is 2.08. The van der Waals surface area contributed by atoms with Crippen LogP contribution in [0.1, 0.15) is 17.5 Å². The number of nitrogens with two attached hydrogens (primary N) is 1. The first kappa shape index (κ1) is 9.49. The van der Waals surface area contributed by atoms with Crippen LogP contribution in [0.25, 0.3) is 0 Å². The van der Waals surface area contributed by atoms with E-state index in [9.17, 15) is 0 Å². The second kappa shape index (κ2) is 4.43. The van der Waals surface area contributed by atoms with Crippen LogP contribution in [0, 0.1) is 6.92 Å². The number of pyridine rings is 1. The third-order valence-corrected chi connectivity index (χ3v) is 2.32. The molecule has 1 rings (SSSR count). The summed E-state index contributed by atoms with van der Waals surface area (Å²) in [5.41, 5.74) is 7.53. The quantitative estimate of drug-likeness (QED) is 0.780. The van der Waals surface area contributed by atoms with Gasteiger partial charge >= 0.3 is 0 Å². The van der Waals surface area contributed by atoms with Crippen molar-refractivity contribution >= 4 is 11.6 Å². The van der Waals surface area contributed by atoms with E-state index in [1.54, 1.807) is 6.20 Å². The first-order valence-electron chi connectivity index (χ1n) is 4.04. The summed E-state index contributed by atoms with van der Waals surface area (Å²) >= 11 is 6.05. The van der Waals surface area contributed by atoms with Crippen molar-refractivity contribution in [3.05, 3.63) is 28.5 Å². The summed E-state index contributed by atoms with van der Waals surface area (Å²) in [4.78, 5) is 4.07.